The summed E-state index contributed by atoms with van der Waals surface area (Å²) in [5.74, 6) is 8.32. The average Bonchev–Trinajstić information content (AvgIpc) is 3.84. The molecule has 2 aromatic carbocycles. The first-order chi connectivity index (χ1) is 29.1. The minimum Gasteiger partial charge on any atom is -0.465 e. The normalized spacial score (nSPS) is 25.1. The van der Waals surface area contributed by atoms with Crippen molar-refractivity contribution in [2.45, 2.75) is 88.6 Å². The molecule has 0 bridgehead atoms. The SMILES string of the molecule is COC(=O)N[C@H](C(=O)N1[C@@H]2C[C@@H]2C[C@H]1c1ncc(-c2ccc(C#Cc3ccc(-c4cnc([C@@H]5C[C@H]6C[C@H]6N5C(=O)[C@@H](NC(=O)O)C(C)C)[nH]4)cc3)cc2)[nH]1)C1CCOCC1. The minimum absolute atomic E-state index is 0.0243. The fourth-order valence-electron chi connectivity index (χ4n) is 9.53. The monoisotopic (exact) mass is 814 g/mol. The van der Waals surface area contributed by atoms with E-state index < -0.39 is 24.3 Å². The number of aromatic amines is 2. The highest BCUT2D eigenvalue weighted by Gasteiger charge is 2.57. The summed E-state index contributed by atoms with van der Waals surface area (Å²) in [7, 11) is 1.31. The molecule has 3 saturated heterocycles. The molecule has 5 heterocycles. The topological polar surface area (TPSA) is 195 Å². The molecule has 0 spiro atoms. The highest BCUT2D eigenvalue weighted by atomic mass is 16.5. The number of likely N-dealkylation sites (tertiary alicyclic amines) is 2. The molecule has 9 rings (SSSR count). The Morgan fingerprint density at radius 1 is 0.767 bits per heavy atom. The molecule has 8 atom stereocenters. The molecule has 15 heteroatoms. The van der Waals surface area contributed by atoms with E-state index in [1.54, 1.807) is 6.20 Å². The van der Waals surface area contributed by atoms with Crippen molar-refractivity contribution in [2.75, 3.05) is 20.3 Å². The fourth-order valence-corrected chi connectivity index (χ4v) is 9.53. The summed E-state index contributed by atoms with van der Waals surface area (Å²) in [6.45, 7) is 4.81. The standard InChI is InChI=1S/C45H50N8O7/c1-24(2)38(50-44(56)57)42(54)52-34-18-30(34)20-36(52)40-46-22-32(48-40)27-10-6-25(7-11-27)4-5-26-8-12-28(13-9-26)33-23-47-41(49-33)37-21-31-19-35(31)53(37)43(55)39(51-45(58)59-3)29-14-16-60-17-15-29/h6-13,22-24,29-31,34-39,50H,14-21H2,1-3H3,(H,46,48)(H,47,49)(H,51,58)(H,56,57)/t30-,31-,34-,35-,36+,37+,38+,39+/m1/s1. The van der Waals surface area contributed by atoms with Crippen LogP contribution in [0.1, 0.15) is 87.2 Å². The van der Waals surface area contributed by atoms with Gasteiger partial charge < -0.3 is 45.0 Å². The smallest absolute Gasteiger partial charge is 0.407 e. The van der Waals surface area contributed by atoms with Crippen molar-refractivity contribution in [2.24, 2.45) is 23.7 Å². The molecule has 15 nitrogen and oxygen atoms in total. The van der Waals surface area contributed by atoms with Crippen LogP contribution in [-0.4, -0.2) is 103 Å². The third-order valence-electron chi connectivity index (χ3n) is 13.0. The number of carboxylic acid groups (broad SMARTS) is 1. The average molecular weight is 815 g/mol. The number of amides is 4. The Balaban J connectivity index is 0.839. The number of piperidine rings is 2. The number of alkyl carbamates (subject to hydrolysis) is 1. The first-order valence-electron chi connectivity index (χ1n) is 20.9. The van der Waals surface area contributed by atoms with Crippen molar-refractivity contribution in [1.29, 1.82) is 0 Å². The molecule has 4 aromatic rings. The molecule has 0 unspecified atom stereocenters. The number of hydrogen-bond donors (Lipinski definition) is 5. The van der Waals surface area contributed by atoms with Crippen molar-refractivity contribution < 1.29 is 33.8 Å². The van der Waals surface area contributed by atoms with Crippen LogP contribution in [0.25, 0.3) is 22.5 Å². The Hall–Kier alpha value is -6.14. The van der Waals surface area contributed by atoms with Crippen molar-refractivity contribution in [3.05, 3.63) is 83.7 Å². The van der Waals surface area contributed by atoms with Crippen molar-refractivity contribution in [3.8, 4) is 34.4 Å². The lowest BCUT2D eigenvalue weighted by atomic mass is 9.90. The predicted octanol–water partition coefficient (Wildman–Crippen LogP) is 5.63. The number of aromatic nitrogens is 4. The zero-order valence-corrected chi connectivity index (χ0v) is 33.9. The van der Waals surface area contributed by atoms with Gasteiger partial charge in [-0.2, -0.15) is 0 Å². The van der Waals surface area contributed by atoms with Gasteiger partial charge >= 0.3 is 12.2 Å². The second kappa shape index (κ2) is 16.1. The first-order valence-corrected chi connectivity index (χ1v) is 20.9. The number of carbonyl (C=O) groups excluding carboxylic acids is 3. The lowest BCUT2D eigenvalue weighted by Gasteiger charge is -2.35. The van der Waals surface area contributed by atoms with E-state index in [9.17, 15) is 24.3 Å². The van der Waals surface area contributed by atoms with Crippen LogP contribution in [0.4, 0.5) is 9.59 Å². The van der Waals surface area contributed by atoms with E-state index in [2.05, 4.69) is 37.4 Å². The molecule has 2 aliphatic carbocycles. The lowest BCUT2D eigenvalue weighted by molar-refractivity contribution is -0.138. The van der Waals surface area contributed by atoms with Crippen LogP contribution in [-0.2, 0) is 19.1 Å². The molecule has 4 amide bonds. The predicted molar refractivity (Wildman–Crippen MR) is 219 cm³/mol. The number of imidazole rings is 2. The lowest BCUT2D eigenvalue weighted by Crippen LogP contribution is -2.54. The summed E-state index contributed by atoms with van der Waals surface area (Å²) in [5.41, 5.74) is 5.29. The van der Waals surface area contributed by atoms with Gasteiger partial charge in [-0.15, -0.1) is 0 Å². The van der Waals surface area contributed by atoms with Crippen molar-refractivity contribution in [3.63, 3.8) is 0 Å². The molecule has 60 heavy (non-hydrogen) atoms. The van der Waals surface area contributed by atoms with Crippen LogP contribution in [0.15, 0.2) is 60.9 Å². The number of carbonyl (C=O) groups is 4. The van der Waals surface area contributed by atoms with Crippen molar-refractivity contribution >= 4 is 24.0 Å². The van der Waals surface area contributed by atoms with Gasteiger partial charge in [0.05, 0.1) is 43.0 Å². The van der Waals surface area contributed by atoms with Gasteiger partial charge in [0, 0.05) is 36.4 Å². The number of nitrogens with zero attached hydrogens (tertiary/aromatic N) is 4. The highest BCUT2D eigenvalue weighted by molar-refractivity contribution is 5.88. The zero-order valence-electron chi connectivity index (χ0n) is 33.9. The number of fused-ring (bicyclic) bond motifs is 2. The van der Waals surface area contributed by atoms with E-state index in [1.807, 2.05) is 78.4 Å². The Bertz CT molecular complexity index is 2320. The number of hydrogen-bond acceptors (Lipinski definition) is 8. The van der Waals surface area contributed by atoms with Gasteiger partial charge in [-0.3, -0.25) is 9.59 Å². The summed E-state index contributed by atoms with van der Waals surface area (Å²) >= 11 is 0. The number of benzene rings is 2. The second-order valence-electron chi connectivity index (χ2n) is 17.1. The van der Waals surface area contributed by atoms with Gasteiger partial charge in [-0.25, -0.2) is 19.6 Å². The second-order valence-corrected chi connectivity index (χ2v) is 17.1. The maximum absolute atomic E-state index is 14.1. The molecule has 5 N–H and O–H groups in total. The molecule has 312 valence electrons. The van der Waals surface area contributed by atoms with Gasteiger partial charge in [-0.05, 0) is 97.6 Å². The molecule has 3 aliphatic heterocycles. The van der Waals surface area contributed by atoms with E-state index in [0.29, 0.717) is 43.7 Å². The molecule has 2 aromatic heterocycles. The van der Waals surface area contributed by atoms with Crippen LogP contribution in [0.2, 0.25) is 0 Å². The third kappa shape index (κ3) is 7.83. The minimum atomic E-state index is -1.20. The quantitative estimate of drug-likeness (QED) is 0.126. The molecule has 0 radical (unpaired) electrons. The first kappa shape index (κ1) is 39.3. The number of rotatable bonds is 10. The molecular weight excluding hydrogens is 765 g/mol. The Morgan fingerprint density at radius 2 is 1.27 bits per heavy atom. The largest absolute Gasteiger partial charge is 0.465 e. The van der Waals surface area contributed by atoms with Gasteiger partial charge in [0.15, 0.2) is 0 Å². The number of ether oxygens (including phenoxy) is 2. The summed E-state index contributed by atoms with van der Waals surface area (Å²) < 4.78 is 10.4. The Morgan fingerprint density at radius 3 is 1.73 bits per heavy atom. The zero-order chi connectivity index (χ0) is 41.7. The van der Waals surface area contributed by atoms with E-state index in [1.165, 1.54) is 7.11 Å². The summed E-state index contributed by atoms with van der Waals surface area (Å²) in [6, 6.07) is 14.2. The van der Waals surface area contributed by atoms with Crippen LogP contribution in [0, 0.1) is 35.5 Å². The van der Waals surface area contributed by atoms with Crippen LogP contribution in [0.5, 0.6) is 0 Å². The van der Waals surface area contributed by atoms with Gasteiger partial charge in [-0.1, -0.05) is 50.0 Å². The highest BCUT2D eigenvalue weighted by Crippen LogP contribution is 2.54. The number of methoxy groups -OCH3 is 1. The molecule has 2 saturated carbocycles. The van der Waals surface area contributed by atoms with E-state index in [0.717, 1.165) is 65.1 Å². The van der Waals surface area contributed by atoms with E-state index in [4.69, 9.17) is 14.5 Å². The van der Waals surface area contributed by atoms with Gasteiger partial charge in [0.2, 0.25) is 11.8 Å². The number of H-pyrrole nitrogens is 2. The summed E-state index contributed by atoms with van der Waals surface area (Å²) in [4.78, 5) is 71.6. The van der Waals surface area contributed by atoms with E-state index >= 15 is 0 Å². The Kier molecular flexibility index (Phi) is 10.6. The maximum Gasteiger partial charge on any atom is 0.407 e. The van der Waals surface area contributed by atoms with Gasteiger partial charge in [0.1, 0.15) is 23.7 Å². The summed E-state index contributed by atoms with van der Waals surface area (Å²) in [5, 5.41) is 14.6. The third-order valence-corrected chi connectivity index (χ3v) is 13.0. The van der Waals surface area contributed by atoms with Gasteiger partial charge in [0.25, 0.3) is 0 Å². The maximum atomic E-state index is 14.1. The summed E-state index contributed by atoms with van der Waals surface area (Å²) in [6.07, 6.45) is 6.71. The molecular formula is C45H50N8O7. The van der Waals surface area contributed by atoms with Crippen LogP contribution >= 0.6 is 0 Å². The molecule has 5 aliphatic rings. The van der Waals surface area contributed by atoms with E-state index in [-0.39, 0.29) is 47.8 Å². The van der Waals surface area contributed by atoms with Crippen molar-refractivity contribution in [1.82, 2.24) is 40.4 Å². The van der Waals surface area contributed by atoms with Crippen LogP contribution in [0.3, 0.4) is 0 Å². The Labute approximate surface area is 348 Å². The fraction of sp³-hybridized carbons (Fsp3) is 0.467. The molecule has 5 fully saturated rings. The number of nitrogens with one attached hydrogen (secondary N) is 4. The van der Waals surface area contributed by atoms with Crippen LogP contribution < -0.4 is 10.6 Å².